The predicted molar refractivity (Wildman–Crippen MR) is 324 cm³/mol. The highest BCUT2D eigenvalue weighted by Gasteiger charge is 2.20. The molecule has 1 amide bonds. The van der Waals surface area contributed by atoms with Crippen molar-refractivity contribution in [1.82, 2.24) is 5.32 Å². The molecule has 74 heavy (non-hydrogen) atoms. The number of nitrogens with one attached hydrogen (secondary N) is 1. The van der Waals surface area contributed by atoms with E-state index in [4.69, 9.17) is 4.74 Å². The Morgan fingerprint density at radius 1 is 0.378 bits per heavy atom. The van der Waals surface area contributed by atoms with Gasteiger partial charge in [-0.2, -0.15) is 0 Å². The normalized spacial score (nSPS) is 12.8. The van der Waals surface area contributed by atoms with Crippen molar-refractivity contribution in [2.75, 3.05) is 13.2 Å². The molecule has 0 aliphatic heterocycles. The van der Waals surface area contributed by atoms with Crippen LogP contribution in [0.1, 0.15) is 361 Å². The number of allylic oxidation sites excluding steroid dienone is 6. The molecule has 2 atom stereocenters. The maximum Gasteiger partial charge on any atom is 0.305 e. The number of ether oxygens (including phenoxy) is 1. The number of hydrogen-bond acceptors (Lipinski definition) is 5. The summed E-state index contributed by atoms with van der Waals surface area (Å²) >= 11 is 0. The molecule has 6 heteroatoms. The van der Waals surface area contributed by atoms with Gasteiger partial charge in [0.25, 0.3) is 0 Å². The summed E-state index contributed by atoms with van der Waals surface area (Å²) in [7, 11) is 0. The summed E-state index contributed by atoms with van der Waals surface area (Å²) in [4.78, 5) is 24.6. The highest BCUT2D eigenvalue weighted by molar-refractivity contribution is 5.76. The van der Waals surface area contributed by atoms with Crippen LogP contribution in [0.5, 0.6) is 0 Å². The molecule has 0 heterocycles. The van der Waals surface area contributed by atoms with Crippen molar-refractivity contribution in [1.29, 1.82) is 0 Å². The standard InChI is InChI=1S/C68H129NO5/c1-3-5-7-9-11-13-15-17-19-21-23-24-25-28-32-36-40-44-48-52-56-60-66(71)65(64-70)69-67(72)61-57-53-49-45-41-37-33-29-26-27-31-35-39-43-47-51-55-59-63-74-68(73)62-58-54-50-46-42-38-34-30-22-20-18-16-14-12-10-8-6-4-2/h14,16,20,22,29,33,65-66,70-71H,3-13,15,17-19,21,23-28,30-32,34-64H2,1-2H3,(H,69,72)/b16-14-,22-20-,33-29-. The Balaban J connectivity index is 3.44. The highest BCUT2D eigenvalue weighted by Crippen LogP contribution is 2.18. The van der Waals surface area contributed by atoms with Gasteiger partial charge in [0.2, 0.25) is 5.91 Å². The van der Waals surface area contributed by atoms with Gasteiger partial charge in [-0.1, -0.05) is 301 Å². The number of carbonyl (C=O) groups excluding carboxylic acids is 2. The van der Waals surface area contributed by atoms with Gasteiger partial charge in [0.1, 0.15) is 0 Å². The fourth-order valence-corrected chi connectivity index (χ4v) is 10.3. The molecule has 436 valence electrons. The molecule has 0 aromatic rings. The van der Waals surface area contributed by atoms with Crippen LogP contribution in [0.2, 0.25) is 0 Å². The van der Waals surface area contributed by atoms with Crippen molar-refractivity contribution in [3.63, 3.8) is 0 Å². The van der Waals surface area contributed by atoms with Crippen LogP contribution in [0.4, 0.5) is 0 Å². The lowest BCUT2D eigenvalue weighted by atomic mass is 10.0. The molecule has 0 spiro atoms. The number of aliphatic hydroxyl groups excluding tert-OH is 2. The molecule has 3 N–H and O–H groups in total. The molecule has 0 aliphatic carbocycles. The van der Waals surface area contributed by atoms with Crippen LogP contribution in [-0.2, 0) is 14.3 Å². The van der Waals surface area contributed by atoms with Crippen molar-refractivity contribution < 1.29 is 24.5 Å². The zero-order valence-electron chi connectivity index (χ0n) is 49.8. The third kappa shape index (κ3) is 59.3. The summed E-state index contributed by atoms with van der Waals surface area (Å²) in [6, 6.07) is -0.553. The van der Waals surface area contributed by atoms with E-state index in [-0.39, 0.29) is 18.5 Å². The number of esters is 1. The minimum atomic E-state index is -0.675. The van der Waals surface area contributed by atoms with E-state index in [0.717, 1.165) is 64.2 Å². The van der Waals surface area contributed by atoms with Crippen molar-refractivity contribution in [3.05, 3.63) is 36.5 Å². The van der Waals surface area contributed by atoms with Crippen molar-refractivity contribution in [3.8, 4) is 0 Å². The molecule has 2 unspecified atom stereocenters. The fraction of sp³-hybridized carbons (Fsp3) is 0.882. The summed E-state index contributed by atoms with van der Waals surface area (Å²) in [6.45, 7) is 4.94. The molecule has 0 saturated heterocycles. The van der Waals surface area contributed by atoms with Crippen molar-refractivity contribution in [2.24, 2.45) is 0 Å². The monoisotopic (exact) mass is 1040 g/mol. The Labute approximate surface area is 462 Å². The van der Waals surface area contributed by atoms with E-state index in [1.54, 1.807) is 0 Å². The number of unbranched alkanes of at least 4 members (excludes halogenated alkanes) is 45. The first-order valence-electron chi connectivity index (χ1n) is 33.2. The van der Waals surface area contributed by atoms with Gasteiger partial charge in [0.05, 0.1) is 25.4 Å². The minimum absolute atomic E-state index is 0.00374. The van der Waals surface area contributed by atoms with Gasteiger partial charge in [-0.05, 0) is 83.5 Å². The predicted octanol–water partition coefficient (Wildman–Crippen LogP) is 21.1. The molecule has 0 bridgehead atoms. The SMILES string of the molecule is CCCCCC/C=C\C/C=C\CCCCCCCCCC(=O)OCCCCCCCCCCC/C=C\CCCCCCCC(=O)NC(CO)C(O)CCCCCCCCCCCCCCCCCCCCCCC. The minimum Gasteiger partial charge on any atom is -0.466 e. The van der Waals surface area contributed by atoms with E-state index in [1.165, 1.54) is 263 Å². The van der Waals surface area contributed by atoms with E-state index in [0.29, 0.717) is 25.9 Å². The Bertz CT molecular complexity index is 1200. The van der Waals surface area contributed by atoms with Gasteiger partial charge in [-0.25, -0.2) is 0 Å². The average molecular weight is 1040 g/mol. The number of rotatable bonds is 62. The lowest BCUT2D eigenvalue weighted by Crippen LogP contribution is -2.45. The van der Waals surface area contributed by atoms with Crippen molar-refractivity contribution >= 4 is 11.9 Å². The maximum absolute atomic E-state index is 12.5. The van der Waals surface area contributed by atoms with Gasteiger partial charge in [0, 0.05) is 12.8 Å². The van der Waals surface area contributed by atoms with E-state index < -0.39 is 12.1 Å². The highest BCUT2D eigenvalue weighted by atomic mass is 16.5. The van der Waals surface area contributed by atoms with Crippen LogP contribution in [-0.4, -0.2) is 47.4 Å². The van der Waals surface area contributed by atoms with Gasteiger partial charge in [-0.3, -0.25) is 9.59 Å². The van der Waals surface area contributed by atoms with E-state index in [2.05, 4.69) is 55.6 Å². The topological polar surface area (TPSA) is 95.9 Å². The second-order valence-corrected chi connectivity index (χ2v) is 22.8. The molecule has 0 radical (unpaired) electrons. The summed E-state index contributed by atoms with van der Waals surface area (Å²) < 4.78 is 5.49. The van der Waals surface area contributed by atoms with Crippen LogP contribution in [0.3, 0.4) is 0 Å². The zero-order valence-corrected chi connectivity index (χ0v) is 49.8. The van der Waals surface area contributed by atoms with Gasteiger partial charge in [-0.15, -0.1) is 0 Å². The fourth-order valence-electron chi connectivity index (χ4n) is 10.3. The van der Waals surface area contributed by atoms with Crippen LogP contribution < -0.4 is 5.32 Å². The van der Waals surface area contributed by atoms with Gasteiger partial charge in [0.15, 0.2) is 0 Å². The quantitative estimate of drug-likeness (QED) is 0.0320. The van der Waals surface area contributed by atoms with E-state index >= 15 is 0 Å². The van der Waals surface area contributed by atoms with E-state index in [1.807, 2.05) is 0 Å². The maximum atomic E-state index is 12.5. The number of carbonyl (C=O) groups is 2. The molecular weight excluding hydrogens is 911 g/mol. The number of hydrogen-bond donors (Lipinski definition) is 3. The molecule has 0 fully saturated rings. The summed E-state index contributed by atoms with van der Waals surface area (Å²) in [6.07, 6.45) is 80.2. The largest absolute Gasteiger partial charge is 0.466 e. The first kappa shape index (κ1) is 72.1. The van der Waals surface area contributed by atoms with Crippen molar-refractivity contribution in [2.45, 2.75) is 373 Å². The summed E-state index contributed by atoms with van der Waals surface area (Å²) in [5, 5.41) is 23.4. The van der Waals surface area contributed by atoms with Gasteiger partial charge < -0.3 is 20.3 Å². The lowest BCUT2D eigenvalue weighted by molar-refractivity contribution is -0.143. The van der Waals surface area contributed by atoms with Crippen LogP contribution >= 0.6 is 0 Å². The van der Waals surface area contributed by atoms with Gasteiger partial charge >= 0.3 is 5.97 Å². The molecule has 0 rings (SSSR count). The smallest absolute Gasteiger partial charge is 0.305 e. The second-order valence-electron chi connectivity index (χ2n) is 22.8. The van der Waals surface area contributed by atoms with Crippen LogP contribution in [0.25, 0.3) is 0 Å². The average Bonchev–Trinajstić information content (AvgIpc) is 3.40. The molecule has 0 aliphatic rings. The number of aliphatic hydroxyl groups is 2. The molecular formula is C68H129NO5. The first-order chi connectivity index (χ1) is 36.5. The Morgan fingerprint density at radius 3 is 1.05 bits per heavy atom. The summed E-state index contributed by atoms with van der Waals surface area (Å²) in [5.41, 5.74) is 0. The molecule has 6 nitrogen and oxygen atoms in total. The third-order valence-electron chi connectivity index (χ3n) is 15.4. The molecule has 0 aromatic carbocycles. The first-order valence-corrected chi connectivity index (χ1v) is 33.2. The Hall–Kier alpha value is -1.92. The van der Waals surface area contributed by atoms with E-state index in [9.17, 15) is 19.8 Å². The third-order valence-corrected chi connectivity index (χ3v) is 15.4. The number of amides is 1. The Morgan fingerprint density at radius 2 is 0.676 bits per heavy atom. The zero-order chi connectivity index (χ0) is 53.6. The Kier molecular flexibility index (Phi) is 62.0. The summed E-state index contributed by atoms with van der Waals surface area (Å²) in [5.74, 6) is -0.0501. The lowest BCUT2D eigenvalue weighted by Gasteiger charge is -2.22. The molecule has 0 aromatic heterocycles. The molecule has 0 saturated carbocycles. The second kappa shape index (κ2) is 63.6. The van der Waals surface area contributed by atoms with Crippen LogP contribution in [0.15, 0.2) is 36.5 Å². The van der Waals surface area contributed by atoms with Crippen LogP contribution in [0, 0.1) is 0 Å².